The number of carbonyl (C=O) groups is 2. The molecule has 33 heavy (non-hydrogen) atoms. The van der Waals surface area contributed by atoms with Gasteiger partial charge < -0.3 is 24.6 Å². The van der Waals surface area contributed by atoms with Crippen LogP contribution >= 0.6 is 0 Å². The monoisotopic (exact) mass is 451 g/mol. The van der Waals surface area contributed by atoms with Crippen molar-refractivity contribution in [1.29, 1.82) is 0 Å². The highest BCUT2D eigenvalue weighted by Gasteiger charge is 2.34. The number of ether oxygens (including phenoxy) is 2. The first-order valence-electron chi connectivity index (χ1n) is 11.7. The summed E-state index contributed by atoms with van der Waals surface area (Å²) in [6.07, 6.45) is 5.69. The molecule has 1 aliphatic heterocycles. The van der Waals surface area contributed by atoms with Crippen molar-refractivity contribution in [3.63, 3.8) is 0 Å². The van der Waals surface area contributed by atoms with Crippen LogP contribution in [0.2, 0.25) is 0 Å². The van der Waals surface area contributed by atoms with Crippen LogP contribution in [0.1, 0.15) is 54.1 Å². The summed E-state index contributed by atoms with van der Waals surface area (Å²) < 4.78 is 10.7. The van der Waals surface area contributed by atoms with Gasteiger partial charge in [0, 0.05) is 31.2 Å². The number of piperazine rings is 1. The van der Waals surface area contributed by atoms with Crippen LogP contribution < -0.4 is 14.8 Å². The molecule has 2 fully saturated rings. The number of amides is 3. The van der Waals surface area contributed by atoms with E-state index in [-0.39, 0.29) is 24.0 Å². The van der Waals surface area contributed by atoms with Crippen molar-refractivity contribution in [3.05, 3.63) is 59.7 Å². The Bertz CT molecular complexity index is 959. The zero-order valence-electron chi connectivity index (χ0n) is 19.5. The Kier molecular flexibility index (Phi) is 7.37. The van der Waals surface area contributed by atoms with Gasteiger partial charge in [0.2, 0.25) is 0 Å². The summed E-state index contributed by atoms with van der Waals surface area (Å²) >= 11 is 0. The molecule has 1 saturated carbocycles. The van der Waals surface area contributed by atoms with Gasteiger partial charge in [0.15, 0.2) is 11.5 Å². The molecule has 1 unspecified atom stereocenters. The fourth-order valence-corrected chi connectivity index (χ4v) is 4.82. The van der Waals surface area contributed by atoms with Gasteiger partial charge in [-0.05, 0) is 36.6 Å². The van der Waals surface area contributed by atoms with E-state index in [9.17, 15) is 9.59 Å². The fourth-order valence-electron chi connectivity index (χ4n) is 4.82. The molecule has 2 aliphatic rings. The second-order valence-electron chi connectivity index (χ2n) is 8.73. The van der Waals surface area contributed by atoms with Gasteiger partial charge in [-0.3, -0.25) is 4.79 Å². The molecule has 1 atom stereocenters. The van der Waals surface area contributed by atoms with Gasteiger partial charge in [0.1, 0.15) is 0 Å². The molecule has 1 N–H and O–H groups in total. The van der Waals surface area contributed by atoms with Crippen LogP contribution in [-0.4, -0.2) is 61.6 Å². The number of nitrogens with one attached hydrogen (secondary N) is 1. The molecule has 3 amide bonds. The Morgan fingerprint density at radius 3 is 2.33 bits per heavy atom. The van der Waals surface area contributed by atoms with Crippen LogP contribution in [0.3, 0.4) is 0 Å². The van der Waals surface area contributed by atoms with Crippen LogP contribution in [-0.2, 0) is 0 Å². The lowest BCUT2D eigenvalue weighted by Crippen LogP contribution is -2.55. The fraction of sp³-hybridized carbons (Fsp3) is 0.462. The molecule has 1 heterocycles. The van der Waals surface area contributed by atoms with Crippen molar-refractivity contribution in [1.82, 2.24) is 15.1 Å². The lowest BCUT2D eigenvalue weighted by Gasteiger charge is -2.42. The number of hydrogen-bond acceptors (Lipinski definition) is 4. The smallest absolute Gasteiger partial charge is 0.317 e. The molecule has 176 valence electrons. The van der Waals surface area contributed by atoms with E-state index in [1.165, 1.54) is 19.3 Å². The first-order chi connectivity index (χ1) is 16.1. The number of methoxy groups -OCH3 is 2. The third-order valence-corrected chi connectivity index (χ3v) is 6.68. The lowest BCUT2D eigenvalue weighted by molar-refractivity contribution is 0.0502. The van der Waals surface area contributed by atoms with Gasteiger partial charge in [-0.25, -0.2) is 4.79 Å². The second-order valence-corrected chi connectivity index (χ2v) is 8.73. The van der Waals surface area contributed by atoms with E-state index in [1.807, 2.05) is 40.1 Å². The minimum atomic E-state index is -0.224. The van der Waals surface area contributed by atoms with Gasteiger partial charge in [0.05, 0.1) is 20.3 Å². The number of nitrogens with zero attached hydrogens (tertiary/aromatic N) is 2. The zero-order valence-corrected chi connectivity index (χ0v) is 19.5. The second kappa shape index (κ2) is 10.6. The molecular formula is C26H33N3O4. The van der Waals surface area contributed by atoms with E-state index in [1.54, 1.807) is 32.4 Å². The lowest BCUT2D eigenvalue weighted by atomic mass is 9.95. The van der Waals surface area contributed by atoms with Crippen LogP contribution in [0.5, 0.6) is 11.5 Å². The molecule has 0 bridgehead atoms. The summed E-state index contributed by atoms with van der Waals surface area (Å²) in [5.74, 6) is 1.01. The Hall–Kier alpha value is -3.22. The maximum Gasteiger partial charge on any atom is 0.317 e. The predicted molar refractivity (Wildman–Crippen MR) is 127 cm³/mol. The topological polar surface area (TPSA) is 71.1 Å². The van der Waals surface area contributed by atoms with Gasteiger partial charge >= 0.3 is 6.03 Å². The highest BCUT2D eigenvalue weighted by molar-refractivity contribution is 5.95. The summed E-state index contributed by atoms with van der Waals surface area (Å²) in [5, 5.41) is 3.22. The molecule has 2 aromatic carbocycles. The van der Waals surface area contributed by atoms with E-state index < -0.39 is 0 Å². The Labute approximate surface area is 195 Å². The first kappa shape index (κ1) is 23.0. The highest BCUT2D eigenvalue weighted by atomic mass is 16.5. The standard InChI is InChI=1S/C26H33N3O4/c1-32-23-14-13-20(17-24(23)33-2)25(30)29-16-15-28(18-22(29)19-9-5-3-6-10-19)26(31)27-21-11-7-4-8-12-21/h3,5-6,9-10,13-14,17,21-22H,4,7-8,11-12,15-16,18H2,1-2H3,(H,27,31). The van der Waals surface area contributed by atoms with Crippen LogP contribution in [0.25, 0.3) is 0 Å². The average molecular weight is 452 g/mol. The molecule has 0 aromatic heterocycles. The molecule has 4 rings (SSSR count). The Balaban J connectivity index is 1.54. The highest BCUT2D eigenvalue weighted by Crippen LogP contribution is 2.31. The Morgan fingerprint density at radius 1 is 0.909 bits per heavy atom. The van der Waals surface area contributed by atoms with E-state index in [4.69, 9.17) is 9.47 Å². The van der Waals surface area contributed by atoms with Gasteiger partial charge in [-0.1, -0.05) is 49.6 Å². The van der Waals surface area contributed by atoms with Crippen LogP contribution in [0, 0.1) is 0 Å². The van der Waals surface area contributed by atoms with Crippen LogP contribution in [0.4, 0.5) is 4.79 Å². The molecule has 2 aromatic rings. The van der Waals surface area contributed by atoms with E-state index in [2.05, 4.69) is 5.32 Å². The minimum absolute atomic E-state index is 0.0268. The third kappa shape index (κ3) is 5.24. The molecule has 1 aliphatic carbocycles. The van der Waals surface area contributed by atoms with Crippen molar-refractivity contribution < 1.29 is 19.1 Å². The molecule has 0 radical (unpaired) electrons. The van der Waals surface area contributed by atoms with Crippen LogP contribution in [0.15, 0.2) is 48.5 Å². The van der Waals surface area contributed by atoms with Crippen molar-refractivity contribution in [3.8, 4) is 11.5 Å². The molecule has 7 heteroatoms. The van der Waals surface area contributed by atoms with E-state index >= 15 is 0 Å². The zero-order chi connectivity index (χ0) is 23.2. The van der Waals surface area contributed by atoms with E-state index in [0.717, 1.165) is 18.4 Å². The average Bonchev–Trinajstić information content (AvgIpc) is 2.88. The molecule has 7 nitrogen and oxygen atoms in total. The number of rotatable bonds is 5. The maximum atomic E-state index is 13.6. The van der Waals surface area contributed by atoms with Crippen molar-refractivity contribution >= 4 is 11.9 Å². The summed E-state index contributed by atoms with van der Waals surface area (Å²) in [6, 6.07) is 15.2. The maximum absolute atomic E-state index is 13.6. The summed E-state index contributed by atoms with van der Waals surface area (Å²) in [6.45, 7) is 1.42. The van der Waals surface area contributed by atoms with Gasteiger partial charge in [0.25, 0.3) is 5.91 Å². The van der Waals surface area contributed by atoms with Crippen molar-refractivity contribution in [2.45, 2.75) is 44.2 Å². The molecule has 1 saturated heterocycles. The quantitative estimate of drug-likeness (QED) is 0.738. The number of hydrogen-bond donors (Lipinski definition) is 1. The SMILES string of the molecule is COc1ccc(C(=O)N2CCN(C(=O)NC3CCCCC3)CC2c2ccccc2)cc1OC. The van der Waals surface area contributed by atoms with Crippen molar-refractivity contribution in [2.24, 2.45) is 0 Å². The number of benzene rings is 2. The van der Waals surface area contributed by atoms with Gasteiger partial charge in [-0.15, -0.1) is 0 Å². The van der Waals surface area contributed by atoms with Crippen molar-refractivity contribution in [2.75, 3.05) is 33.9 Å². The summed E-state index contributed by atoms with van der Waals surface area (Å²) in [5.41, 5.74) is 1.55. The van der Waals surface area contributed by atoms with Gasteiger partial charge in [-0.2, -0.15) is 0 Å². The largest absolute Gasteiger partial charge is 0.493 e. The normalized spacial score (nSPS) is 19.2. The van der Waals surface area contributed by atoms with E-state index in [0.29, 0.717) is 36.7 Å². The third-order valence-electron chi connectivity index (χ3n) is 6.68. The number of urea groups is 1. The molecule has 0 spiro atoms. The predicted octanol–water partition coefficient (Wildman–Crippen LogP) is 4.25. The Morgan fingerprint density at radius 2 is 1.64 bits per heavy atom. The minimum Gasteiger partial charge on any atom is -0.493 e. The molecular weight excluding hydrogens is 418 g/mol. The first-order valence-corrected chi connectivity index (χ1v) is 11.7. The summed E-state index contributed by atoms with van der Waals surface area (Å²) in [7, 11) is 3.13. The number of carbonyl (C=O) groups excluding carboxylic acids is 2. The summed E-state index contributed by atoms with van der Waals surface area (Å²) in [4.78, 5) is 30.3.